The van der Waals surface area contributed by atoms with Gasteiger partial charge in [-0.3, -0.25) is 0 Å². The Labute approximate surface area is 128 Å². The normalized spacial score (nSPS) is 10.4. The van der Waals surface area contributed by atoms with E-state index in [1.54, 1.807) is 12.3 Å². The van der Waals surface area contributed by atoms with Crippen LogP contribution in [0.3, 0.4) is 0 Å². The number of hydrogen-bond donors (Lipinski definition) is 1. The Balaban J connectivity index is 1.99. The van der Waals surface area contributed by atoms with Crippen molar-refractivity contribution in [2.75, 3.05) is 12.0 Å². The average molecular weight is 296 g/mol. The van der Waals surface area contributed by atoms with Gasteiger partial charge < -0.3 is 9.15 Å². The molecule has 6 nitrogen and oxygen atoms in total. The van der Waals surface area contributed by atoms with Gasteiger partial charge in [0.05, 0.1) is 6.21 Å². The third-order valence-corrected chi connectivity index (χ3v) is 2.71. The lowest BCUT2D eigenvalue weighted by molar-refractivity contribution is 0.363. The monoisotopic (exact) mass is 296 g/mol. The quantitative estimate of drug-likeness (QED) is 0.482. The van der Waals surface area contributed by atoms with Gasteiger partial charge in [0.1, 0.15) is 18.4 Å². The van der Waals surface area contributed by atoms with Crippen LogP contribution in [-0.2, 0) is 6.42 Å². The highest BCUT2D eigenvalue weighted by molar-refractivity contribution is 5.80. The van der Waals surface area contributed by atoms with Gasteiger partial charge in [0.2, 0.25) is 5.69 Å². The number of rotatable bonds is 7. The predicted molar refractivity (Wildman–Crippen MR) is 83.9 cm³/mol. The molecule has 22 heavy (non-hydrogen) atoms. The van der Waals surface area contributed by atoms with Crippen LogP contribution in [0.1, 0.15) is 24.1 Å². The van der Waals surface area contributed by atoms with Crippen molar-refractivity contribution in [3.63, 3.8) is 0 Å². The lowest BCUT2D eigenvalue weighted by Crippen LogP contribution is -1.94. The Hall–Kier alpha value is -3.07. The third kappa shape index (κ3) is 3.96. The van der Waals surface area contributed by atoms with E-state index in [4.69, 9.17) is 14.4 Å². The SMILES string of the molecule is C=CCOc1ccc(C=NNc2oc(CC)nc2C#N)cc1. The maximum absolute atomic E-state index is 8.96. The van der Waals surface area contributed by atoms with Crippen molar-refractivity contribution in [1.29, 1.82) is 5.26 Å². The van der Waals surface area contributed by atoms with Gasteiger partial charge in [0.15, 0.2) is 5.89 Å². The Morgan fingerprint density at radius 1 is 1.45 bits per heavy atom. The number of nitriles is 1. The van der Waals surface area contributed by atoms with Gasteiger partial charge in [-0.25, -0.2) is 10.4 Å². The molecule has 1 aromatic carbocycles. The van der Waals surface area contributed by atoms with E-state index in [1.807, 2.05) is 37.3 Å². The van der Waals surface area contributed by atoms with Gasteiger partial charge in [0.25, 0.3) is 5.88 Å². The van der Waals surface area contributed by atoms with Gasteiger partial charge >= 0.3 is 0 Å². The Morgan fingerprint density at radius 3 is 2.86 bits per heavy atom. The van der Waals surface area contributed by atoms with Crippen LogP contribution in [0.5, 0.6) is 5.75 Å². The molecule has 0 aliphatic rings. The minimum atomic E-state index is 0.196. The molecule has 6 heteroatoms. The van der Waals surface area contributed by atoms with Crippen molar-refractivity contribution in [3.8, 4) is 11.8 Å². The summed E-state index contributed by atoms with van der Waals surface area (Å²) in [5, 5.41) is 13.0. The number of ether oxygens (including phenoxy) is 1. The molecule has 0 unspecified atom stereocenters. The zero-order valence-electron chi connectivity index (χ0n) is 12.2. The van der Waals surface area contributed by atoms with E-state index in [-0.39, 0.29) is 11.6 Å². The number of hydrogen-bond acceptors (Lipinski definition) is 6. The zero-order chi connectivity index (χ0) is 15.8. The summed E-state index contributed by atoms with van der Waals surface area (Å²) >= 11 is 0. The van der Waals surface area contributed by atoms with Gasteiger partial charge in [0, 0.05) is 6.42 Å². The van der Waals surface area contributed by atoms with Crippen molar-refractivity contribution in [2.45, 2.75) is 13.3 Å². The summed E-state index contributed by atoms with van der Waals surface area (Å²) in [5.41, 5.74) is 3.77. The summed E-state index contributed by atoms with van der Waals surface area (Å²) in [6.45, 7) is 5.96. The first-order valence-electron chi connectivity index (χ1n) is 6.79. The maximum Gasteiger partial charge on any atom is 0.252 e. The van der Waals surface area contributed by atoms with E-state index in [9.17, 15) is 0 Å². The molecule has 1 heterocycles. The molecule has 0 saturated carbocycles. The number of nitrogens with one attached hydrogen (secondary N) is 1. The van der Waals surface area contributed by atoms with Gasteiger partial charge in [-0.2, -0.15) is 10.4 Å². The number of anilines is 1. The average Bonchev–Trinajstić information content (AvgIpc) is 2.96. The largest absolute Gasteiger partial charge is 0.490 e. The Kier molecular flexibility index (Phi) is 5.32. The van der Waals surface area contributed by atoms with E-state index < -0.39 is 0 Å². The third-order valence-electron chi connectivity index (χ3n) is 2.71. The van der Waals surface area contributed by atoms with Gasteiger partial charge in [-0.1, -0.05) is 19.6 Å². The second kappa shape index (κ2) is 7.64. The fraction of sp³-hybridized carbons (Fsp3) is 0.188. The van der Waals surface area contributed by atoms with Crippen molar-refractivity contribution in [1.82, 2.24) is 4.98 Å². The van der Waals surface area contributed by atoms with E-state index in [0.29, 0.717) is 18.9 Å². The number of benzene rings is 1. The van der Waals surface area contributed by atoms with Gasteiger partial charge in [-0.15, -0.1) is 0 Å². The molecular weight excluding hydrogens is 280 g/mol. The van der Waals surface area contributed by atoms with Crippen LogP contribution in [0, 0.1) is 11.3 Å². The molecule has 2 aromatic rings. The van der Waals surface area contributed by atoms with E-state index in [1.165, 1.54) is 0 Å². The summed E-state index contributed by atoms with van der Waals surface area (Å²) in [7, 11) is 0. The highest BCUT2D eigenvalue weighted by Gasteiger charge is 2.10. The van der Waals surface area contributed by atoms with Crippen molar-refractivity contribution in [3.05, 3.63) is 54.1 Å². The van der Waals surface area contributed by atoms with Gasteiger partial charge in [-0.05, 0) is 29.8 Å². The summed E-state index contributed by atoms with van der Waals surface area (Å²) in [4.78, 5) is 4.02. The molecule has 1 N–H and O–H groups in total. The Morgan fingerprint density at radius 2 is 2.23 bits per heavy atom. The van der Waals surface area contributed by atoms with Crippen LogP contribution in [0.2, 0.25) is 0 Å². The molecule has 0 aliphatic carbocycles. The second-order valence-corrected chi connectivity index (χ2v) is 4.29. The lowest BCUT2D eigenvalue weighted by atomic mass is 10.2. The fourth-order valence-corrected chi connectivity index (χ4v) is 1.64. The minimum Gasteiger partial charge on any atom is -0.490 e. The molecule has 0 spiro atoms. The molecule has 2 rings (SSSR count). The Bertz CT molecular complexity index is 696. The number of nitrogens with zero attached hydrogens (tertiary/aromatic N) is 3. The zero-order valence-corrected chi connectivity index (χ0v) is 12.2. The molecule has 0 amide bonds. The van der Waals surface area contributed by atoms with E-state index in [2.05, 4.69) is 22.1 Å². The van der Waals surface area contributed by atoms with Crippen LogP contribution in [0.15, 0.2) is 46.4 Å². The van der Waals surface area contributed by atoms with Crippen LogP contribution in [0.25, 0.3) is 0 Å². The first-order chi connectivity index (χ1) is 10.8. The van der Waals surface area contributed by atoms with E-state index in [0.717, 1.165) is 11.3 Å². The first-order valence-corrected chi connectivity index (χ1v) is 6.79. The number of aromatic nitrogens is 1. The summed E-state index contributed by atoms with van der Waals surface area (Å²) in [6, 6.07) is 9.38. The van der Waals surface area contributed by atoms with Crippen LogP contribution >= 0.6 is 0 Å². The fourth-order valence-electron chi connectivity index (χ4n) is 1.64. The van der Waals surface area contributed by atoms with Crippen LogP contribution < -0.4 is 10.2 Å². The predicted octanol–water partition coefficient (Wildman–Crippen LogP) is 3.12. The van der Waals surface area contributed by atoms with Crippen molar-refractivity contribution < 1.29 is 9.15 Å². The molecular formula is C16H16N4O2. The lowest BCUT2D eigenvalue weighted by Gasteiger charge is -2.02. The first kappa shape index (κ1) is 15.3. The molecule has 0 fully saturated rings. The highest BCUT2D eigenvalue weighted by Crippen LogP contribution is 2.16. The second-order valence-electron chi connectivity index (χ2n) is 4.29. The molecule has 0 aliphatic heterocycles. The molecule has 0 bridgehead atoms. The van der Waals surface area contributed by atoms with Crippen LogP contribution in [-0.4, -0.2) is 17.8 Å². The number of aryl methyl sites for hydroxylation is 1. The molecule has 0 atom stereocenters. The van der Waals surface area contributed by atoms with Crippen molar-refractivity contribution >= 4 is 12.1 Å². The molecule has 0 saturated heterocycles. The maximum atomic E-state index is 8.96. The minimum absolute atomic E-state index is 0.196. The topological polar surface area (TPSA) is 83.4 Å². The summed E-state index contributed by atoms with van der Waals surface area (Å²) < 4.78 is 10.8. The summed E-state index contributed by atoms with van der Waals surface area (Å²) in [6.07, 6.45) is 3.92. The summed E-state index contributed by atoms with van der Waals surface area (Å²) in [5.74, 6) is 1.51. The van der Waals surface area contributed by atoms with Crippen LogP contribution in [0.4, 0.5) is 5.88 Å². The molecule has 112 valence electrons. The number of hydrazone groups is 1. The smallest absolute Gasteiger partial charge is 0.252 e. The highest BCUT2D eigenvalue weighted by atomic mass is 16.5. The molecule has 1 aromatic heterocycles. The van der Waals surface area contributed by atoms with E-state index >= 15 is 0 Å². The van der Waals surface area contributed by atoms with Crippen molar-refractivity contribution in [2.24, 2.45) is 5.10 Å². The number of oxazole rings is 1. The standard InChI is InChI=1S/C16H16N4O2/c1-3-9-21-13-7-5-12(6-8-13)11-18-20-16-14(10-17)19-15(4-2)22-16/h3,5-8,11,20H,1,4,9H2,2H3. The molecule has 0 radical (unpaired) electrons.